The van der Waals surface area contributed by atoms with Gasteiger partial charge in [-0.15, -0.1) is 0 Å². The van der Waals surface area contributed by atoms with E-state index in [1.807, 2.05) is 24.3 Å². The molecule has 174 valence electrons. The second-order valence-corrected chi connectivity index (χ2v) is 8.67. The van der Waals surface area contributed by atoms with E-state index in [9.17, 15) is 14.4 Å². The van der Waals surface area contributed by atoms with Crippen LogP contribution in [0.4, 0.5) is 4.79 Å². The lowest BCUT2D eigenvalue weighted by Crippen LogP contribution is -2.41. The van der Waals surface area contributed by atoms with Gasteiger partial charge in [0, 0.05) is 18.4 Å². The number of ether oxygens (including phenoxy) is 1. The second-order valence-electron chi connectivity index (χ2n) is 8.67. The molecule has 1 fully saturated rings. The standard InChI is InChI=1S/C25H23N3O6/c29-22(26-13-15-11-21(23(30)31)28-34-15)12-25(9-10-25)27-24(32)33-14-20-18-7-3-1-5-16(18)17-6-2-4-8-19(17)20/h1-8,11,20H,9-10,12-14H2,(H,26,29)(H,27,32)(H,30,31). The Morgan fingerprint density at radius 3 is 2.29 bits per heavy atom. The third-order valence-corrected chi connectivity index (χ3v) is 6.30. The fourth-order valence-electron chi connectivity index (χ4n) is 4.40. The molecular formula is C25H23N3O6. The average Bonchev–Trinajstić information content (AvgIpc) is 3.28. The van der Waals surface area contributed by atoms with Gasteiger partial charge in [-0.3, -0.25) is 4.79 Å². The monoisotopic (exact) mass is 461 g/mol. The van der Waals surface area contributed by atoms with Gasteiger partial charge in [0.05, 0.1) is 12.1 Å². The van der Waals surface area contributed by atoms with Crippen molar-refractivity contribution in [3.8, 4) is 11.1 Å². The van der Waals surface area contributed by atoms with E-state index in [-0.39, 0.29) is 42.9 Å². The predicted octanol–water partition coefficient (Wildman–Crippen LogP) is 3.45. The highest BCUT2D eigenvalue weighted by Crippen LogP contribution is 2.44. The molecule has 1 aromatic heterocycles. The zero-order valence-electron chi connectivity index (χ0n) is 18.2. The summed E-state index contributed by atoms with van der Waals surface area (Å²) in [6.07, 6.45) is 0.900. The lowest BCUT2D eigenvalue weighted by atomic mass is 9.98. The third-order valence-electron chi connectivity index (χ3n) is 6.30. The molecule has 2 aromatic carbocycles. The van der Waals surface area contributed by atoms with Gasteiger partial charge in [-0.25, -0.2) is 9.59 Å². The molecular weight excluding hydrogens is 438 g/mol. The first-order valence-corrected chi connectivity index (χ1v) is 11.0. The average molecular weight is 461 g/mol. The molecule has 0 radical (unpaired) electrons. The molecule has 1 heterocycles. The molecule has 34 heavy (non-hydrogen) atoms. The lowest BCUT2D eigenvalue weighted by molar-refractivity contribution is -0.122. The summed E-state index contributed by atoms with van der Waals surface area (Å²) in [4.78, 5) is 35.8. The number of hydrogen-bond donors (Lipinski definition) is 3. The zero-order valence-corrected chi connectivity index (χ0v) is 18.2. The number of amides is 2. The number of carbonyl (C=O) groups excluding carboxylic acids is 2. The first kappa shape index (κ1) is 21.7. The van der Waals surface area contributed by atoms with E-state index in [1.54, 1.807) is 0 Å². The number of nitrogens with one attached hydrogen (secondary N) is 2. The minimum absolute atomic E-state index is 0.0140. The Balaban J connectivity index is 1.14. The molecule has 5 rings (SSSR count). The Hall–Kier alpha value is -4.14. The first-order chi connectivity index (χ1) is 16.4. The van der Waals surface area contributed by atoms with E-state index >= 15 is 0 Å². The summed E-state index contributed by atoms with van der Waals surface area (Å²) in [6.45, 7) is 0.222. The van der Waals surface area contributed by atoms with Gasteiger partial charge in [-0.2, -0.15) is 0 Å². The van der Waals surface area contributed by atoms with Crippen molar-refractivity contribution in [1.82, 2.24) is 15.8 Å². The van der Waals surface area contributed by atoms with Crippen LogP contribution in [0.25, 0.3) is 11.1 Å². The van der Waals surface area contributed by atoms with E-state index in [4.69, 9.17) is 14.4 Å². The maximum atomic E-state index is 12.6. The van der Waals surface area contributed by atoms with Crippen LogP contribution in [-0.4, -0.2) is 40.4 Å². The van der Waals surface area contributed by atoms with Gasteiger partial charge in [0.25, 0.3) is 0 Å². The number of fused-ring (bicyclic) bond motifs is 3. The van der Waals surface area contributed by atoms with Crippen LogP contribution in [0.3, 0.4) is 0 Å². The van der Waals surface area contributed by atoms with Gasteiger partial charge in [-0.05, 0) is 35.1 Å². The van der Waals surface area contributed by atoms with Gasteiger partial charge in [0.1, 0.15) is 6.61 Å². The molecule has 0 unspecified atom stereocenters. The highest BCUT2D eigenvalue weighted by Gasteiger charge is 2.46. The summed E-state index contributed by atoms with van der Waals surface area (Å²) in [5.74, 6) is -1.29. The SMILES string of the molecule is O=C(CC1(NC(=O)OCC2c3ccccc3-c3ccccc32)CC1)NCc1cc(C(=O)O)no1. The Morgan fingerprint density at radius 1 is 1.06 bits per heavy atom. The number of alkyl carbamates (subject to hydrolysis) is 1. The van der Waals surface area contributed by atoms with Gasteiger partial charge < -0.3 is 25.0 Å². The van der Waals surface area contributed by atoms with Crippen molar-refractivity contribution in [2.24, 2.45) is 0 Å². The zero-order chi connectivity index (χ0) is 23.7. The Bertz CT molecular complexity index is 1220. The molecule has 1 saturated carbocycles. The highest BCUT2D eigenvalue weighted by molar-refractivity contribution is 5.85. The molecule has 3 aromatic rings. The molecule has 0 saturated heterocycles. The normalized spacial score (nSPS) is 15.2. The molecule has 0 atom stereocenters. The minimum atomic E-state index is -1.20. The molecule has 9 heteroatoms. The number of carboxylic acid groups (broad SMARTS) is 1. The van der Waals surface area contributed by atoms with Gasteiger partial charge >= 0.3 is 12.1 Å². The van der Waals surface area contributed by atoms with E-state index in [1.165, 1.54) is 6.07 Å². The van der Waals surface area contributed by atoms with Crippen LogP contribution in [0, 0.1) is 0 Å². The Kier molecular flexibility index (Phi) is 5.53. The van der Waals surface area contributed by atoms with Crippen molar-refractivity contribution in [2.75, 3.05) is 6.61 Å². The van der Waals surface area contributed by atoms with Crippen LogP contribution in [0.1, 0.15) is 52.6 Å². The largest absolute Gasteiger partial charge is 0.476 e. The number of carbonyl (C=O) groups is 3. The second kappa shape index (κ2) is 8.66. The lowest BCUT2D eigenvalue weighted by Gasteiger charge is -2.19. The first-order valence-electron chi connectivity index (χ1n) is 11.0. The van der Waals surface area contributed by atoms with Crippen molar-refractivity contribution in [3.05, 3.63) is 77.2 Å². The quantitative estimate of drug-likeness (QED) is 0.468. The van der Waals surface area contributed by atoms with E-state index in [0.29, 0.717) is 12.8 Å². The molecule has 2 aliphatic carbocycles. The van der Waals surface area contributed by atoms with Crippen LogP contribution >= 0.6 is 0 Å². The topological polar surface area (TPSA) is 131 Å². The summed E-state index contributed by atoms with van der Waals surface area (Å²) in [6, 6.07) is 17.5. The van der Waals surface area contributed by atoms with Crippen molar-refractivity contribution < 1.29 is 28.8 Å². The fourth-order valence-corrected chi connectivity index (χ4v) is 4.40. The van der Waals surface area contributed by atoms with Crippen LogP contribution in [0.5, 0.6) is 0 Å². The summed E-state index contributed by atoms with van der Waals surface area (Å²) in [5, 5.41) is 17.8. The maximum Gasteiger partial charge on any atom is 0.407 e. The van der Waals surface area contributed by atoms with Crippen LogP contribution in [0.2, 0.25) is 0 Å². The molecule has 9 nitrogen and oxygen atoms in total. The molecule has 2 aliphatic rings. The van der Waals surface area contributed by atoms with E-state index < -0.39 is 17.6 Å². The van der Waals surface area contributed by atoms with Crippen molar-refractivity contribution >= 4 is 18.0 Å². The summed E-state index contributed by atoms with van der Waals surface area (Å²) in [5.41, 5.74) is 3.74. The van der Waals surface area contributed by atoms with Crippen molar-refractivity contribution in [2.45, 2.75) is 37.3 Å². The number of rotatable bonds is 8. The minimum Gasteiger partial charge on any atom is -0.476 e. The Morgan fingerprint density at radius 2 is 1.71 bits per heavy atom. The number of carboxylic acids is 1. The van der Waals surface area contributed by atoms with Gasteiger partial charge in [0.15, 0.2) is 11.5 Å². The number of nitrogens with zero attached hydrogens (tertiary/aromatic N) is 1. The van der Waals surface area contributed by atoms with Crippen LogP contribution in [0.15, 0.2) is 59.1 Å². The van der Waals surface area contributed by atoms with Gasteiger partial charge in [-0.1, -0.05) is 53.7 Å². The fraction of sp³-hybridized carbons (Fsp3) is 0.280. The number of aromatic carboxylic acids is 1. The van der Waals surface area contributed by atoms with Crippen molar-refractivity contribution in [1.29, 1.82) is 0 Å². The molecule has 0 spiro atoms. The molecule has 0 aliphatic heterocycles. The molecule has 2 amide bonds. The predicted molar refractivity (Wildman–Crippen MR) is 120 cm³/mol. The highest BCUT2D eigenvalue weighted by atomic mass is 16.5. The van der Waals surface area contributed by atoms with Crippen LogP contribution in [-0.2, 0) is 16.1 Å². The number of aromatic nitrogens is 1. The molecule has 3 N–H and O–H groups in total. The van der Waals surface area contributed by atoms with Gasteiger partial charge in [0.2, 0.25) is 5.91 Å². The van der Waals surface area contributed by atoms with E-state index in [0.717, 1.165) is 22.3 Å². The summed E-state index contributed by atoms with van der Waals surface area (Å²) >= 11 is 0. The number of benzene rings is 2. The van der Waals surface area contributed by atoms with Crippen LogP contribution < -0.4 is 10.6 Å². The third kappa shape index (κ3) is 4.36. The number of hydrogen-bond acceptors (Lipinski definition) is 6. The smallest absolute Gasteiger partial charge is 0.407 e. The molecule has 0 bridgehead atoms. The maximum absolute atomic E-state index is 12.6. The summed E-state index contributed by atoms with van der Waals surface area (Å²) in [7, 11) is 0. The van der Waals surface area contributed by atoms with E-state index in [2.05, 4.69) is 40.1 Å². The Labute approximate surface area is 195 Å². The van der Waals surface area contributed by atoms with Crippen molar-refractivity contribution in [3.63, 3.8) is 0 Å². The summed E-state index contributed by atoms with van der Waals surface area (Å²) < 4.78 is 10.5.